The van der Waals surface area contributed by atoms with E-state index in [9.17, 15) is 0 Å². The molecule has 0 aromatic heterocycles. The lowest BCUT2D eigenvalue weighted by molar-refractivity contribution is -0.0328. The fourth-order valence-electron chi connectivity index (χ4n) is 11.1. The summed E-state index contributed by atoms with van der Waals surface area (Å²) in [7, 11) is 0. The van der Waals surface area contributed by atoms with Gasteiger partial charge in [-0.1, -0.05) is 90.4 Å². The van der Waals surface area contributed by atoms with Crippen LogP contribution in [0.1, 0.15) is 96.8 Å². The second kappa shape index (κ2) is 134. The molecular formula is C96H194O41. The molecule has 137 heavy (non-hydrogen) atoms. The Morgan fingerprint density at radius 2 is 0.146 bits per heavy atom. The zero-order chi connectivity index (χ0) is 97.5. The Kier molecular flexibility index (Phi) is 133. The lowest BCUT2D eigenvalue weighted by atomic mass is 10.0. The molecule has 1 N–H and O–H groups in total. The zero-order valence-corrected chi connectivity index (χ0v) is 85.0. The Morgan fingerprint density at radius 3 is 0.226 bits per heavy atom. The number of ether oxygens (including phenoxy) is 40. The highest BCUT2D eigenvalue weighted by Crippen LogP contribution is 2.13. The topological polar surface area (TPSA) is 389 Å². The molecule has 0 aromatic rings. The third-order valence-corrected chi connectivity index (χ3v) is 18.4. The van der Waals surface area contributed by atoms with Crippen LogP contribution in [0, 0.1) is 0 Å². The summed E-state index contributed by atoms with van der Waals surface area (Å²) < 4.78 is 221. The second-order valence-electron chi connectivity index (χ2n) is 29.8. The fraction of sp³-hybridized carbons (Fsp3) is 1.00. The maximum atomic E-state index is 8.63. The Balaban J connectivity index is 3.10. The van der Waals surface area contributed by atoms with Crippen LogP contribution in [-0.4, -0.2) is 540 Å². The number of rotatable bonds is 134. The van der Waals surface area contributed by atoms with Crippen molar-refractivity contribution in [1.82, 2.24) is 0 Å². The van der Waals surface area contributed by atoms with E-state index >= 15 is 0 Å². The molecule has 0 unspecified atom stereocenters. The van der Waals surface area contributed by atoms with Gasteiger partial charge >= 0.3 is 0 Å². The van der Waals surface area contributed by atoms with Crippen molar-refractivity contribution in [2.75, 3.05) is 535 Å². The third kappa shape index (κ3) is 134. The Morgan fingerprint density at radius 1 is 0.0803 bits per heavy atom. The van der Waals surface area contributed by atoms with Gasteiger partial charge in [-0.05, 0) is 6.42 Å². The molecule has 0 aromatic carbocycles. The fourth-order valence-corrected chi connectivity index (χ4v) is 11.1. The quantitative estimate of drug-likeness (QED) is 0.0669. The minimum Gasteiger partial charge on any atom is -0.394 e. The molecule has 0 spiro atoms. The number of hydrogen-bond acceptors (Lipinski definition) is 41. The number of unbranched alkanes of at least 4 members (excludes halogenated alkanes) is 13. The van der Waals surface area contributed by atoms with Gasteiger partial charge in [0.2, 0.25) is 0 Å². The van der Waals surface area contributed by atoms with E-state index in [0.717, 1.165) is 13.0 Å². The van der Waals surface area contributed by atoms with Crippen LogP contribution in [0.15, 0.2) is 0 Å². The van der Waals surface area contributed by atoms with E-state index in [1.807, 2.05) is 0 Å². The van der Waals surface area contributed by atoms with Crippen LogP contribution >= 0.6 is 0 Å². The smallest absolute Gasteiger partial charge is 0.0701 e. The molecule has 0 heterocycles. The van der Waals surface area contributed by atoms with Crippen molar-refractivity contribution < 1.29 is 195 Å². The largest absolute Gasteiger partial charge is 0.394 e. The predicted octanol–water partition coefficient (Wildman–Crippen LogP) is 6.12. The highest BCUT2D eigenvalue weighted by atomic mass is 16.6. The van der Waals surface area contributed by atoms with Gasteiger partial charge in [0.05, 0.1) is 529 Å². The van der Waals surface area contributed by atoms with Crippen LogP contribution in [0.4, 0.5) is 0 Å². The maximum Gasteiger partial charge on any atom is 0.0701 e. The summed E-state index contributed by atoms with van der Waals surface area (Å²) in [5.41, 5.74) is 0. The first-order valence-corrected chi connectivity index (χ1v) is 51.1. The Labute approximate surface area is 823 Å². The van der Waals surface area contributed by atoms with Gasteiger partial charge in [-0.25, -0.2) is 0 Å². The van der Waals surface area contributed by atoms with E-state index in [1.54, 1.807) is 0 Å². The molecule has 824 valence electrons. The van der Waals surface area contributed by atoms with Crippen molar-refractivity contribution in [3.8, 4) is 0 Å². The van der Waals surface area contributed by atoms with Crippen LogP contribution < -0.4 is 0 Å². The van der Waals surface area contributed by atoms with E-state index < -0.39 is 0 Å². The summed E-state index contributed by atoms with van der Waals surface area (Å²) in [6, 6.07) is 0. The second-order valence-corrected chi connectivity index (χ2v) is 29.8. The van der Waals surface area contributed by atoms with Crippen LogP contribution in [0.3, 0.4) is 0 Å². The number of aliphatic hydroxyl groups is 1. The average molecular weight is 2000 g/mol. The first kappa shape index (κ1) is 135. The molecule has 0 atom stereocenters. The monoisotopic (exact) mass is 2000 g/mol. The summed E-state index contributed by atoms with van der Waals surface area (Å²) in [5.74, 6) is 0. The Hall–Kier alpha value is -1.64. The third-order valence-electron chi connectivity index (χ3n) is 18.4. The van der Waals surface area contributed by atoms with Gasteiger partial charge in [0.25, 0.3) is 0 Å². The summed E-state index contributed by atoms with van der Waals surface area (Å²) in [4.78, 5) is 0. The summed E-state index contributed by atoms with van der Waals surface area (Å²) in [6.45, 7) is 41.5. The van der Waals surface area contributed by atoms with E-state index in [-0.39, 0.29) is 6.61 Å². The first-order valence-electron chi connectivity index (χ1n) is 51.1. The van der Waals surface area contributed by atoms with Crippen molar-refractivity contribution in [1.29, 1.82) is 0 Å². The molecule has 41 heteroatoms. The highest BCUT2D eigenvalue weighted by Gasteiger charge is 2.07. The molecule has 0 radical (unpaired) electrons. The van der Waals surface area contributed by atoms with Crippen molar-refractivity contribution >= 4 is 0 Å². The van der Waals surface area contributed by atoms with Crippen molar-refractivity contribution in [2.45, 2.75) is 96.8 Å². The molecule has 0 aliphatic carbocycles. The molecule has 0 aliphatic rings. The van der Waals surface area contributed by atoms with E-state index in [1.165, 1.54) is 83.5 Å². The standard InChI is InChI=1S/C96H194O41/c1-2-3-4-5-6-7-8-9-10-11-12-13-14-15-17-98-19-21-100-23-25-102-27-29-104-31-33-106-35-37-108-39-41-110-43-45-112-47-49-114-51-53-116-55-57-118-59-61-120-63-65-122-67-69-124-71-73-126-75-77-128-79-81-130-83-85-132-87-89-134-91-93-136-95-96-137-94-92-135-90-88-133-86-84-131-82-80-129-78-76-127-74-72-125-70-68-123-66-64-121-62-60-119-58-56-117-54-52-115-50-48-113-46-44-111-42-40-109-38-36-107-34-32-105-30-28-103-26-24-101-22-20-99-18-16-97/h97H,2-96H2,1H3. The lowest BCUT2D eigenvalue weighted by Gasteiger charge is -2.09. The van der Waals surface area contributed by atoms with E-state index in [2.05, 4.69) is 6.92 Å². The highest BCUT2D eigenvalue weighted by molar-refractivity contribution is 4.52. The Bertz CT molecular complexity index is 1740. The minimum absolute atomic E-state index is 0.0149. The maximum absolute atomic E-state index is 8.63. The van der Waals surface area contributed by atoms with Gasteiger partial charge in [-0.2, -0.15) is 0 Å². The van der Waals surface area contributed by atoms with E-state index in [4.69, 9.17) is 195 Å². The molecule has 0 saturated heterocycles. The molecule has 41 nitrogen and oxygen atoms in total. The number of hydrogen-bond donors (Lipinski definition) is 1. The molecule has 0 amide bonds. The van der Waals surface area contributed by atoms with Crippen LogP contribution in [0.2, 0.25) is 0 Å². The van der Waals surface area contributed by atoms with Crippen LogP contribution in [-0.2, 0) is 189 Å². The average Bonchev–Trinajstić information content (AvgIpc) is 1.11. The van der Waals surface area contributed by atoms with Gasteiger partial charge in [-0.15, -0.1) is 0 Å². The lowest BCUT2D eigenvalue weighted by Crippen LogP contribution is -2.16. The summed E-state index contributed by atoms with van der Waals surface area (Å²) in [6.07, 6.45) is 19.1. The van der Waals surface area contributed by atoms with Crippen molar-refractivity contribution in [2.24, 2.45) is 0 Å². The van der Waals surface area contributed by atoms with Crippen LogP contribution in [0.25, 0.3) is 0 Å². The van der Waals surface area contributed by atoms with Crippen LogP contribution in [0.5, 0.6) is 0 Å². The molecule has 0 saturated carbocycles. The molecule has 0 fully saturated rings. The predicted molar refractivity (Wildman–Crippen MR) is 510 cm³/mol. The molecule has 0 aliphatic heterocycles. The van der Waals surface area contributed by atoms with Gasteiger partial charge in [0.15, 0.2) is 0 Å². The zero-order valence-electron chi connectivity index (χ0n) is 85.0. The summed E-state index contributed by atoms with van der Waals surface area (Å²) >= 11 is 0. The van der Waals surface area contributed by atoms with Crippen molar-refractivity contribution in [3.05, 3.63) is 0 Å². The number of aliphatic hydroxyl groups excluding tert-OH is 1. The SMILES string of the molecule is CCCCCCCCCCCCCCCCOCCOCCOCCOCCOCCOCCOCCOCCOCCOCCOCCOCCOCCOCCOCCOCCOCCOCCOCCOCCOCCOCCOCCOCCOCCOCCOCCOCCOCCOCCOCCOCCOCCOCCOCCOCCOCCOCCOCCOCCO. The van der Waals surface area contributed by atoms with E-state index in [0.29, 0.717) is 522 Å². The molecule has 0 rings (SSSR count). The summed E-state index contributed by atoms with van der Waals surface area (Å²) in [5, 5.41) is 8.63. The molecule has 0 bridgehead atoms. The van der Waals surface area contributed by atoms with Gasteiger partial charge in [0, 0.05) is 6.61 Å². The minimum atomic E-state index is 0.0149. The normalized spacial score (nSPS) is 11.9. The van der Waals surface area contributed by atoms with Gasteiger partial charge in [0.1, 0.15) is 0 Å². The first-order chi connectivity index (χ1) is 68.4. The molecular weight excluding hydrogens is 1810 g/mol. The van der Waals surface area contributed by atoms with Crippen molar-refractivity contribution in [3.63, 3.8) is 0 Å². The van der Waals surface area contributed by atoms with Gasteiger partial charge in [-0.3, -0.25) is 0 Å². The van der Waals surface area contributed by atoms with Gasteiger partial charge < -0.3 is 195 Å².